The highest BCUT2D eigenvalue weighted by atomic mass is 16.2. The summed E-state index contributed by atoms with van der Waals surface area (Å²) in [5.74, 6) is 0.192. The predicted molar refractivity (Wildman–Crippen MR) is 52.4 cm³/mol. The van der Waals surface area contributed by atoms with Crippen LogP contribution in [0.4, 0.5) is 0 Å². The Kier molecular flexibility index (Phi) is 1.99. The highest BCUT2D eigenvalue weighted by molar-refractivity contribution is 5.77. The lowest BCUT2D eigenvalue weighted by molar-refractivity contribution is -0.126. The molecule has 1 aliphatic carbocycles. The molecule has 3 unspecified atom stereocenters. The molecular formula is C10H17N3O. The van der Waals surface area contributed by atoms with Crippen LogP contribution in [0.25, 0.3) is 0 Å². The smallest absolute Gasteiger partial charge is 0.223 e. The Bertz CT molecular complexity index is 256. The minimum Gasteiger partial charge on any atom is -0.328 e. The second kappa shape index (κ2) is 3.21. The van der Waals surface area contributed by atoms with Crippen molar-refractivity contribution in [3.63, 3.8) is 0 Å². The van der Waals surface area contributed by atoms with Crippen LogP contribution in [-0.2, 0) is 4.79 Å². The Morgan fingerprint density at radius 2 is 2.14 bits per heavy atom. The zero-order valence-corrected chi connectivity index (χ0v) is 8.33. The summed E-state index contributed by atoms with van der Waals surface area (Å²) >= 11 is 0. The third kappa shape index (κ3) is 1.25. The van der Waals surface area contributed by atoms with Crippen molar-refractivity contribution in [1.29, 1.82) is 0 Å². The molecule has 2 heterocycles. The quantitative estimate of drug-likeness (QED) is 0.572. The molecule has 14 heavy (non-hydrogen) atoms. The van der Waals surface area contributed by atoms with Crippen LogP contribution in [0.5, 0.6) is 0 Å². The number of nitrogens with one attached hydrogen (secondary N) is 2. The number of fused-ring (bicyclic) bond motifs is 3. The summed E-state index contributed by atoms with van der Waals surface area (Å²) in [4.78, 5) is 13.7. The van der Waals surface area contributed by atoms with E-state index in [2.05, 4.69) is 15.5 Å². The molecule has 78 valence electrons. The molecule has 2 N–H and O–H groups in total. The molecular weight excluding hydrogens is 178 g/mol. The SMILES string of the molecule is O=C1CCN2C(N1)NC1CCCCC12. The van der Waals surface area contributed by atoms with E-state index in [-0.39, 0.29) is 12.2 Å². The van der Waals surface area contributed by atoms with Crippen molar-refractivity contribution in [2.75, 3.05) is 6.54 Å². The van der Waals surface area contributed by atoms with E-state index in [0.29, 0.717) is 18.5 Å². The summed E-state index contributed by atoms with van der Waals surface area (Å²) in [6.07, 6.45) is 6.05. The number of rotatable bonds is 0. The molecule has 4 nitrogen and oxygen atoms in total. The Balaban J connectivity index is 1.77. The molecule has 0 spiro atoms. The summed E-state index contributed by atoms with van der Waals surface area (Å²) in [5.41, 5.74) is 0. The van der Waals surface area contributed by atoms with Gasteiger partial charge in [0.25, 0.3) is 0 Å². The molecule has 4 heteroatoms. The summed E-state index contributed by atoms with van der Waals surface area (Å²) in [6, 6.07) is 1.29. The third-order valence-corrected chi connectivity index (χ3v) is 3.75. The molecule has 2 saturated heterocycles. The third-order valence-electron chi connectivity index (χ3n) is 3.75. The Hall–Kier alpha value is -0.610. The highest BCUT2D eigenvalue weighted by Gasteiger charge is 2.43. The van der Waals surface area contributed by atoms with Gasteiger partial charge >= 0.3 is 0 Å². The van der Waals surface area contributed by atoms with Crippen LogP contribution in [0.3, 0.4) is 0 Å². The highest BCUT2D eigenvalue weighted by Crippen LogP contribution is 2.30. The number of hydrogen-bond acceptors (Lipinski definition) is 3. The molecule has 0 aromatic heterocycles. The van der Waals surface area contributed by atoms with E-state index >= 15 is 0 Å². The number of carbonyl (C=O) groups excluding carboxylic acids is 1. The van der Waals surface area contributed by atoms with E-state index in [1.807, 2.05) is 0 Å². The maximum atomic E-state index is 11.2. The Labute approximate surface area is 84.0 Å². The molecule has 0 aromatic rings. The van der Waals surface area contributed by atoms with Gasteiger partial charge in [0.05, 0.1) is 0 Å². The first kappa shape index (κ1) is 8.68. The van der Waals surface area contributed by atoms with Gasteiger partial charge in [-0.05, 0) is 12.8 Å². The second-order valence-corrected chi connectivity index (χ2v) is 4.58. The van der Waals surface area contributed by atoms with Crippen LogP contribution in [0.1, 0.15) is 32.1 Å². The van der Waals surface area contributed by atoms with Crippen molar-refractivity contribution in [2.24, 2.45) is 0 Å². The molecule has 3 rings (SSSR count). The van der Waals surface area contributed by atoms with Crippen molar-refractivity contribution in [1.82, 2.24) is 15.5 Å². The minimum absolute atomic E-state index is 0.129. The number of amides is 1. The molecule has 0 aromatic carbocycles. The molecule has 0 radical (unpaired) electrons. The van der Waals surface area contributed by atoms with Gasteiger partial charge in [-0.25, -0.2) is 0 Å². The minimum atomic E-state index is 0.129. The van der Waals surface area contributed by atoms with Crippen molar-refractivity contribution in [3.05, 3.63) is 0 Å². The van der Waals surface area contributed by atoms with E-state index in [1.165, 1.54) is 25.7 Å². The van der Waals surface area contributed by atoms with Crippen LogP contribution in [0.15, 0.2) is 0 Å². The summed E-state index contributed by atoms with van der Waals surface area (Å²) in [5, 5.41) is 6.53. The van der Waals surface area contributed by atoms with E-state index in [0.717, 1.165) is 6.54 Å². The van der Waals surface area contributed by atoms with Gasteiger partial charge in [0.15, 0.2) is 0 Å². The maximum absolute atomic E-state index is 11.2. The lowest BCUT2D eigenvalue weighted by Crippen LogP contribution is -2.56. The molecule has 1 amide bonds. The largest absolute Gasteiger partial charge is 0.328 e. The van der Waals surface area contributed by atoms with E-state index in [1.54, 1.807) is 0 Å². The van der Waals surface area contributed by atoms with Crippen molar-refractivity contribution >= 4 is 5.91 Å². The van der Waals surface area contributed by atoms with Crippen LogP contribution in [0.2, 0.25) is 0 Å². The Morgan fingerprint density at radius 3 is 3.07 bits per heavy atom. The standard InChI is InChI=1S/C10H17N3O/c14-9-5-6-13-8-4-2-1-3-7(8)11-10(13)12-9/h7-8,10-11H,1-6H2,(H,12,14). The number of carbonyl (C=O) groups is 1. The normalized spacial score (nSPS) is 42.9. The zero-order valence-electron chi connectivity index (χ0n) is 8.33. The van der Waals surface area contributed by atoms with Crippen LogP contribution in [-0.4, -0.2) is 35.7 Å². The molecule has 0 bridgehead atoms. The fraction of sp³-hybridized carbons (Fsp3) is 0.900. The number of hydrogen-bond donors (Lipinski definition) is 2. The van der Waals surface area contributed by atoms with Gasteiger partial charge in [-0.15, -0.1) is 0 Å². The fourth-order valence-electron chi connectivity index (χ4n) is 3.07. The molecule has 3 aliphatic rings. The summed E-state index contributed by atoms with van der Waals surface area (Å²) < 4.78 is 0. The average molecular weight is 195 g/mol. The molecule has 2 aliphatic heterocycles. The molecule has 3 fully saturated rings. The van der Waals surface area contributed by atoms with Gasteiger partial charge in [0, 0.05) is 25.0 Å². The summed E-state index contributed by atoms with van der Waals surface area (Å²) in [7, 11) is 0. The van der Waals surface area contributed by atoms with Gasteiger partial charge in [-0.1, -0.05) is 12.8 Å². The topological polar surface area (TPSA) is 44.4 Å². The second-order valence-electron chi connectivity index (χ2n) is 4.58. The molecule has 1 saturated carbocycles. The van der Waals surface area contributed by atoms with Crippen LogP contribution < -0.4 is 10.6 Å². The first-order chi connectivity index (χ1) is 6.84. The van der Waals surface area contributed by atoms with E-state index in [9.17, 15) is 4.79 Å². The van der Waals surface area contributed by atoms with Gasteiger partial charge in [0.2, 0.25) is 5.91 Å². The lowest BCUT2D eigenvalue weighted by atomic mass is 9.91. The first-order valence-corrected chi connectivity index (χ1v) is 5.66. The number of nitrogens with zero attached hydrogens (tertiary/aromatic N) is 1. The van der Waals surface area contributed by atoms with Gasteiger partial charge in [0.1, 0.15) is 6.29 Å². The van der Waals surface area contributed by atoms with Crippen LogP contribution in [0, 0.1) is 0 Å². The zero-order chi connectivity index (χ0) is 9.54. The van der Waals surface area contributed by atoms with Crippen molar-refractivity contribution in [2.45, 2.75) is 50.5 Å². The van der Waals surface area contributed by atoms with E-state index < -0.39 is 0 Å². The van der Waals surface area contributed by atoms with Crippen molar-refractivity contribution < 1.29 is 4.79 Å². The van der Waals surface area contributed by atoms with Crippen LogP contribution >= 0.6 is 0 Å². The predicted octanol–water partition coefficient (Wildman–Crippen LogP) is 0.00630. The fourth-order valence-corrected chi connectivity index (χ4v) is 3.07. The van der Waals surface area contributed by atoms with Gasteiger partial charge < -0.3 is 5.32 Å². The maximum Gasteiger partial charge on any atom is 0.223 e. The monoisotopic (exact) mass is 195 g/mol. The van der Waals surface area contributed by atoms with Gasteiger partial charge in [-0.3, -0.25) is 15.0 Å². The average Bonchev–Trinajstić information content (AvgIpc) is 2.54. The first-order valence-electron chi connectivity index (χ1n) is 5.66. The lowest BCUT2D eigenvalue weighted by Gasteiger charge is -2.34. The summed E-state index contributed by atoms with van der Waals surface area (Å²) in [6.45, 7) is 0.935. The molecule has 3 atom stereocenters. The van der Waals surface area contributed by atoms with Crippen molar-refractivity contribution in [3.8, 4) is 0 Å². The Morgan fingerprint density at radius 1 is 1.29 bits per heavy atom. The van der Waals surface area contributed by atoms with E-state index in [4.69, 9.17) is 0 Å². The van der Waals surface area contributed by atoms with Gasteiger partial charge in [-0.2, -0.15) is 0 Å².